The number of carbonyl (C=O) groups excluding carboxylic acids is 1. The second-order valence-electron chi connectivity index (χ2n) is 7.09. The molecule has 1 amide bonds. The van der Waals surface area contributed by atoms with Gasteiger partial charge < -0.3 is 14.6 Å². The molecule has 1 aliphatic rings. The van der Waals surface area contributed by atoms with E-state index >= 15 is 0 Å². The maximum atomic E-state index is 13.3. The molecule has 0 aliphatic carbocycles. The van der Waals surface area contributed by atoms with Crippen molar-refractivity contribution in [3.05, 3.63) is 63.6 Å². The molecule has 3 rings (SSSR count). The Morgan fingerprint density at radius 1 is 1.23 bits per heavy atom. The van der Waals surface area contributed by atoms with Gasteiger partial charge in [0, 0.05) is 18.3 Å². The van der Waals surface area contributed by atoms with Crippen LogP contribution in [-0.4, -0.2) is 29.4 Å². The van der Waals surface area contributed by atoms with E-state index in [4.69, 9.17) is 4.74 Å². The molecule has 1 aromatic heterocycles. The number of amides is 1. The minimum absolute atomic E-state index is 0.0162. The van der Waals surface area contributed by atoms with E-state index in [2.05, 4.69) is 11.1 Å². The summed E-state index contributed by atoms with van der Waals surface area (Å²) >= 11 is 0. The number of H-pyrrole nitrogens is 1. The number of likely N-dealkylation sites (tertiary alicyclic amines) is 1. The largest absolute Gasteiger partial charge is 0.497 e. The summed E-state index contributed by atoms with van der Waals surface area (Å²) in [5, 5.41) is 0. The van der Waals surface area contributed by atoms with Crippen LogP contribution in [0.3, 0.4) is 0 Å². The van der Waals surface area contributed by atoms with Crippen molar-refractivity contribution in [3.8, 4) is 5.75 Å². The quantitative estimate of drug-likeness (QED) is 0.906. The third-order valence-corrected chi connectivity index (χ3v) is 5.00. The summed E-state index contributed by atoms with van der Waals surface area (Å²) in [6, 6.07) is 11.1. The molecule has 1 aliphatic heterocycles. The van der Waals surface area contributed by atoms with Crippen LogP contribution in [0.4, 0.5) is 0 Å². The highest BCUT2D eigenvalue weighted by Crippen LogP contribution is 2.34. The van der Waals surface area contributed by atoms with Gasteiger partial charge in [0.25, 0.3) is 5.91 Å². The van der Waals surface area contributed by atoms with E-state index in [1.165, 1.54) is 6.07 Å². The molecule has 5 heteroatoms. The average Bonchev–Trinajstić information content (AvgIpc) is 2.67. The van der Waals surface area contributed by atoms with E-state index in [0.29, 0.717) is 11.3 Å². The van der Waals surface area contributed by atoms with Gasteiger partial charge in [0.1, 0.15) is 5.75 Å². The van der Waals surface area contributed by atoms with Crippen LogP contribution in [-0.2, 0) is 0 Å². The number of benzene rings is 1. The van der Waals surface area contributed by atoms with Crippen molar-refractivity contribution < 1.29 is 9.53 Å². The highest BCUT2D eigenvalue weighted by molar-refractivity contribution is 5.95. The number of rotatable bonds is 4. The monoisotopic (exact) mass is 354 g/mol. The van der Waals surface area contributed by atoms with Gasteiger partial charge in [-0.3, -0.25) is 9.59 Å². The van der Waals surface area contributed by atoms with Crippen molar-refractivity contribution in [2.75, 3.05) is 13.7 Å². The van der Waals surface area contributed by atoms with Crippen LogP contribution in [0, 0.1) is 0 Å². The molecule has 1 atom stereocenters. The first-order chi connectivity index (χ1) is 12.5. The Kier molecular flexibility index (Phi) is 5.45. The van der Waals surface area contributed by atoms with Crippen LogP contribution < -0.4 is 10.3 Å². The molecular weight excluding hydrogens is 328 g/mol. The molecule has 2 heterocycles. The van der Waals surface area contributed by atoms with Crippen LogP contribution in [0.25, 0.3) is 0 Å². The lowest BCUT2D eigenvalue weighted by atomic mass is 9.93. The minimum Gasteiger partial charge on any atom is -0.497 e. The van der Waals surface area contributed by atoms with E-state index in [0.717, 1.165) is 37.1 Å². The summed E-state index contributed by atoms with van der Waals surface area (Å²) in [5.41, 5.74) is 2.22. The van der Waals surface area contributed by atoms with Crippen molar-refractivity contribution in [2.45, 2.75) is 45.1 Å². The predicted molar refractivity (Wildman–Crippen MR) is 102 cm³/mol. The number of ether oxygens (including phenoxy) is 1. The second-order valence-corrected chi connectivity index (χ2v) is 7.09. The van der Waals surface area contributed by atoms with Gasteiger partial charge in [-0.1, -0.05) is 26.0 Å². The van der Waals surface area contributed by atoms with Gasteiger partial charge in [-0.05, 0) is 48.9 Å². The van der Waals surface area contributed by atoms with Gasteiger partial charge in [-0.2, -0.15) is 0 Å². The molecule has 1 aromatic carbocycles. The third kappa shape index (κ3) is 3.66. The maximum Gasteiger partial charge on any atom is 0.256 e. The standard InChI is InChI=1S/C21H26N2O3/c1-14(2)20-17(10-11-19(24)22-20)21(25)23-12-5-4-9-18(23)15-7-6-8-16(13-15)26-3/h6-8,10-11,13-14,18H,4-5,9,12H2,1-3H3,(H,22,24). The normalized spacial score (nSPS) is 17.4. The van der Waals surface area contributed by atoms with Crippen LogP contribution in [0.2, 0.25) is 0 Å². The minimum atomic E-state index is -0.173. The van der Waals surface area contributed by atoms with E-state index in [-0.39, 0.29) is 23.4 Å². The molecule has 0 bridgehead atoms. The Bertz CT molecular complexity index is 841. The number of aromatic nitrogens is 1. The van der Waals surface area contributed by atoms with Crippen molar-refractivity contribution in [3.63, 3.8) is 0 Å². The number of carbonyl (C=O) groups is 1. The van der Waals surface area contributed by atoms with E-state index in [1.54, 1.807) is 13.2 Å². The first-order valence-corrected chi connectivity index (χ1v) is 9.19. The van der Waals surface area contributed by atoms with Gasteiger partial charge in [0.15, 0.2) is 0 Å². The SMILES string of the molecule is COc1cccc(C2CCCCN2C(=O)c2ccc(=O)[nH]c2C(C)C)c1. The molecule has 0 spiro atoms. The molecule has 1 saturated heterocycles. The summed E-state index contributed by atoms with van der Waals surface area (Å²) in [7, 11) is 1.65. The fourth-order valence-electron chi connectivity index (χ4n) is 3.66. The van der Waals surface area contributed by atoms with Gasteiger partial charge in [0.05, 0.1) is 18.7 Å². The first kappa shape index (κ1) is 18.2. The van der Waals surface area contributed by atoms with Crippen LogP contribution >= 0.6 is 0 Å². The number of hydrogen-bond acceptors (Lipinski definition) is 3. The van der Waals surface area contributed by atoms with Gasteiger partial charge in [-0.25, -0.2) is 0 Å². The molecule has 1 fully saturated rings. The van der Waals surface area contributed by atoms with E-state index in [9.17, 15) is 9.59 Å². The summed E-state index contributed by atoms with van der Waals surface area (Å²) in [6.07, 6.45) is 3.01. The van der Waals surface area contributed by atoms with E-state index in [1.807, 2.05) is 36.9 Å². The number of methoxy groups -OCH3 is 1. The average molecular weight is 354 g/mol. The summed E-state index contributed by atoms with van der Waals surface area (Å²) in [4.78, 5) is 29.8. The lowest BCUT2D eigenvalue weighted by Gasteiger charge is -2.36. The number of nitrogens with zero attached hydrogens (tertiary/aromatic N) is 1. The molecule has 5 nitrogen and oxygen atoms in total. The Labute approximate surface area is 154 Å². The molecule has 2 aromatic rings. The molecule has 1 N–H and O–H groups in total. The first-order valence-electron chi connectivity index (χ1n) is 9.19. The second kappa shape index (κ2) is 7.77. The lowest BCUT2D eigenvalue weighted by molar-refractivity contribution is 0.0609. The molecule has 26 heavy (non-hydrogen) atoms. The van der Waals surface area contributed by atoms with Crippen LogP contribution in [0.5, 0.6) is 5.75 Å². The molecular formula is C21H26N2O3. The molecule has 1 unspecified atom stereocenters. The number of pyridine rings is 1. The maximum absolute atomic E-state index is 13.3. The highest BCUT2D eigenvalue weighted by atomic mass is 16.5. The fraction of sp³-hybridized carbons (Fsp3) is 0.429. The number of hydrogen-bond donors (Lipinski definition) is 1. The van der Waals surface area contributed by atoms with Crippen LogP contribution in [0.15, 0.2) is 41.2 Å². The molecule has 0 radical (unpaired) electrons. The number of aromatic amines is 1. The molecule has 0 saturated carbocycles. The Hall–Kier alpha value is -2.56. The zero-order chi connectivity index (χ0) is 18.7. The molecule has 138 valence electrons. The zero-order valence-corrected chi connectivity index (χ0v) is 15.6. The van der Waals surface area contributed by atoms with E-state index < -0.39 is 0 Å². The van der Waals surface area contributed by atoms with Crippen molar-refractivity contribution in [1.82, 2.24) is 9.88 Å². The third-order valence-electron chi connectivity index (χ3n) is 5.00. The zero-order valence-electron chi connectivity index (χ0n) is 15.6. The summed E-state index contributed by atoms with van der Waals surface area (Å²) in [6.45, 7) is 4.69. The van der Waals surface area contributed by atoms with Crippen LogP contribution in [0.1, 0.15) is 66.7 Å². The topological polar surface area (TPSA) is 62.4 Å². The van der Waals surface area contributed by atoms with Crippen molar-refractivity contribution >= 4 is 5.91 Å². The van der Waals surface area contributed by atoms with Gasteiger partial charge in [0.2, 0.25) is 5.56 Å². The number of piperidine rings is 1. The smallest absolute Gasteiger partial charge is 0.256 e. The van der Waals surface area contributed by atoms with Crippen molar-refractivity contribution in [2.24, 2.45) is 0 Å². The summed E-state index contributed by atoms with van der Waals surface area (Å²) < 4.78 is 5.35. The lowest BCUT2D eigenvalue weighted by Crippen LogP contribution is -2.39. The van der Waals surface area contributed by atoms with Gasteiger partial charge in [-0.15, -0.1) is 0 Å². The fourth-order valence-corrected chi connectivity index (χ4v) is 3.66. The highest BCUT2D eigenvalue weighted by Gasteiger charge is 2.30. The Morgan fingerprint density at radius 3 is 2.77 bits per heavy atom. The van der Waals surface area contributed by atoms with Gasteiger partial charge >= 0.3 is 0 Å². The predicted octanol–water partition coefficient (Wildman–Crippen LogP) is 3.87. The Balaban J connectivity index is 1.97. The van der Waals surface area contributed by atoms with Crippen molar-refractivity contribution in [1.29, 1.82) is 0 Å². The number of nitrogens with one attached hydrogen (secondary N) is 1. The Morgan fingerprint density at radius 2 is 2.04 bits per heavy atom. The summed E-state index contributed by atoms with van der Waals surface area (Å²) in [5.74, 6) is 0.854.